The Balaban J connectivity index is 2.32. The van der Waals surface area contributed by atoms with Gasteiger partial charge in [-0.1, -0.05) is 0 Å². The summed E-state index contributed by atoms with van der Waals surface area (Å²) < 4.78 is 0. The van der Waals surface area contributed by atoms with Gasteiger partial charge in [0.15, 0.2) is 0 Å². The van der Waals surface area contributed by atoms with E-state index in [1.807, 2.05) is 11.8 Å². The molecular formula is C8H12N2O. The van der Waals surface area contributed by atoms with Crippen LogP contribution in [-0.2, 0) is 4.79 Å². The summed E-state index contributed by atoms with van der Waals surface area (Å²) in [6, 6.07) is 0. The summed E-state index contributed by atoms with van der Waals surface area (Å²) in [5.74, 6) is 0.279. The van der Waals surface area contributed by atoms with Crippen molar-refractivity contribution in [2.24, 2.45) is 4.99 Å². The summed E-state index contributed by atoms with van der Waals surface area (Å²) in [5, 5.41) is 0. The molecule has 0 aliphatic carbocycles. The van der Waals surface area contributed by atoms with Gasteiger partial charge in [-0.2, -0.15) is 0 Å². The normalized spacial score (nSPS) is 36.0. The van der Waals surface area contributed by atoms with Crippen LogP contribution in [0, 0.1) is 0 Å². The minimum Gasteiger partial charge on any atom is -0.330 e. The summed E-state index contributed by atoms with van der Waals surface area (Å²) in [7, 11) is 0. The molecule has 1 amide bonds. The van der Waals surface area contributed by atoms with Crippen molar-refractivity contribution in [2.75, 3.05) is 13.1 Å². The zero-order valence-electron chi connectivity index (χ0n) is 6.92. The Morgan fingerprint density at radius 3 is 2.91 bits per heavy atom. The molecule has 1 fully saturated rings. The molecule has 1 unspecified atom stereocenters. The van der Waals surface area contributed by atoms with E-state index in [0.717, 1.165) is 18.8 Å². The maximum atomic E-state index is 11.1. The largest absolute Gasteiger partial charge is 0.330 e. The van der Waals surface area contributed by atoms with E-state index in [1.54, 1.807) is 0 Å². The van der Waals surface area contributed by atoms with E-state index in [9.17, 15) is 4.79 Å². The standard InChI is InChI=1S/C8H12N2O/c1-6-8(2)5-7(11)10(8)4-3-9-6/h3-5H2,1-2H3. The third kappa shape index (κ3) is 0.682. The highest BCUT2D eigenvalue weighted by atomic mass is 16.2. The van der Waals surface area contributed by atoms with Gasteiger partial charge >= 0.3 is 0 Å². The topological polar surface area (TPSA) is 32.7 Å². The third-order valence-corrected chi connectivity index (χ3v) is 2.84. The fourth-order valence-electron chi connectivity index (χ4n) is 1.85. The third-order valence-electron chi connectivity index (χ3n) is 2.84. The van der Waals surface area contributed by atoms with Crippen molar-refractivity contribution in [1.82, 2.24) is 4.90 Å². The molecule has 0 aromatic heterocycles. The van der Waals surface area contributed by atoms with Crippen molar-refractivity contribution in [3.63, 3.8) is 0 Å². The maximum absolute atomic E-state index is 11.1. The van der Waals surface area contributed by atoms with Gasteiger partial charge in [0.2, 0.25) is 5.91 Å². The second kappa shape index (κ2) is 1.84. The molecular weight excluding hydrogens is 140 g/mol. The number of carbonyl (C=O) groups excluding carboxylic acids is 1. The molecule has 3 nitrogen and oxygen atoms in total. The van der Waals surface area contributed by atoms with Crippen molar-refractivity contribution in [3.8, 4) is 0 Å². The van der Waals surface area contributed by atoms with Crippen LogP contribution in [-0.4, -0.2) is 35.1 Å². The smallest absolute Gasteiger partial charge is 0.226 e. The fourth-order valence-corrected chi connectivity index (χ4v) is 1.85. The molecule has 0 radical (unpaired) electrons. The highest BCUT2D eigenvalue weighted by molar-refractivity contribution is 6.04. The second-order valence-corrected chi connectivity index (χ2v) is 3.46. The van der Waals surface area contributed by atoms with Crippen LogP contribution in [0.4, 0.5) is 0 Å². The average molecular weight is 152 g/mol. The lowest BCUT2D eigenvalue weighted by Gasteiger charge is -2.52. The maximum Gasteiger partial charge on any atom is 0.226 e. The van der Waals surface area contributed by atoms with E-state index < -0.39 is 0 Å². The van der Waals surface area contributed by atoms with Crippen LogP contribution in [0.5, 0.6) is 0 Å². The molecule has 0 saturated carbocycles. The lowest BCUT2D eigenvalue weighted by Crippen LogP contribution is -2.67. The summed E-state index contributed by atoms with van der Waals surface area (Å²) in [4.78, 5) is 17.4. The molecule has 0 N–H and O–H groups in total. The summed E-state index contributed by atoms with van der Waals surface area (Å²) in [6.07, 6.45) is 0.655. The Bertz CT molecular complexity index is 246. The highest BCUT2D eigenvalue weighted by Crippen LogP contribution is 2.34. The van der Waals surface area contributed by atoms with Gasteiger partial charge < -0.3 is 4.90 Å². The van der Waals surface area contributed by atoms with Crippen LogP contribution in [0.1, 0.15) is 20.3 Å². The first kappa shape index (κ1) is 6.83. The van der Waals surface area contributed by atoms with E-state index >= 15 is 0 Å². The van der Waals surface area contributed by atoms with Crippen molar-refractivity contribution >= 4 is 11.6 Å². The lowest BCUT2D eigenvalue weighted by atomic mass is 9.80. The lowest BCUT2D eigenvalue weighted by molar-refractivity contribution is -0.149. The average Bonchev–Trinajstić information content (AvgIpc) is 1.95. The molecule has 2 aliphatic rings. The molecule has 11 heavy (non-hydrogen) atoms. The number of amides is 1. The number of hydrogen-bond donors (Lipinski definition) is 0. The zero-order valence-corrected chi connectivity index (χ0v) is 6.92. The molecule has 60 valence electrons. The summed E-state index contributed by atoms with van der Waals surface area (Å²) >= 11 is 0. The Morgan fingerprint density at radius 1 is 1.64 bits per heavy atom. The number of carbonyl (C=O) groups is 1. The number of fused-ring (bicyclic) bond motifs is 1. The molecule has 0 spiro atoms. The van der Waals surface area contributed by atoms with E-state index in [2.05, 4.69) is 11.9 Å². The number of β-lactam (4-membered cyclic amide) rings is 1. The van der Waals surface area contributed by atoms with Crippen LogP contribution in [0.25, 0.3) is 0 Å². The summed E-state index contributed by atoms with van der Waals surface area (Å²) in [6.45, 7) is 5.70. The van der Waals surface area contributed by atoms with E-state index in [4.69, 9.17) is 0 Å². The van der Waals surface area contributed by atoms with Crippen LogP contribution in [0.2, 0.25) is 0 Å². The van der Waals surface area contributed by atoms with Gasteiger partial charge in [-0.15, -0.1) is 0 Å². The van der Waals surface area contributed by atoms with Crippen LogP contribution in [0.3, 0.4) is 0 Å². The van der Waals surface area contributed by atoms with Crippen molar-refractivity contribution in [1.29, 1.82) is 0 Å². The fraction of sp³-hybridized carbons (Fsp3) is 0.750. The van der Waals surface area contributed by atoms with Gasteiger partial charge in [-0.3, -0.25) is 9.79 Å². The first-order valence-corrected chi connectivity index (χ1v) is 3.96. The predicted molar refractivity (Wildman–Crippen MR) is 42.7 cm³/mol. The quantitative estimate of drug-likeness (QED) is 0.464. The van der Waals surface area contributed by atoms with Crippen LogP contribution in [0.15, 0.2) is 4.99 Å². The second-order valence-electron chi connectivity index (χ2n) is 3.46. The summed E-state index contributed by atoms with van der Waals surface area (Å²) in [5.41, 5.74) is 1.10. The van der Waals surface area contributed by atoms with Gasteiger partial charge in [0.05, 0.1) is 18.5 Å². The Kier molecular flexibility index (Phi) is 1.14. The zero-order chi connectivity index (χ0) is 8.06. The Labute approximate surface area is 66.1 Å². The number of hydrogen-bond acceptors (Lipinski definition) is 2. The first-order valence-electron chi connectivity index (χ1n) is 3.96. The minimum atomic E-state index is -0.0185. The van der Waals surface area contributed by atoms with Crippen molar-refractivity contribution in [3.05, 3.63) is 0 Å². The molecule has 0 bridgehead atoms. The van der Waals surface area contributed by atoms with Crippen LogP contribution >= 0.6 is 0 Å². The minimum absolute atomic E-state index is 0.0185. The molecule has 2 aliphatic heterocycles. The molecule has 3 heteroatoms. The number of nitrogens with zero attached hydrogens (tertiary/aromatic N) is 2. The molecule has 2 rings (SSSR count). The monoisotopic (exact) mass is 152 g/mol. The van der Waals surface area contributed by atoms with Crippen LogP contribution < -0.4 is 0 Å². The molecule has 2 heterocycles. The van der Waals surface area contributed by atoms with Gasteiger partial charge in [0, 0.05) is 12.3 Å². The predicted octanol–water partition coefficient (Wildman–Crippen LogP) is 0.452. The van der Waals surface area contributed by atoms with Gasteiger partial charge in [0.1, 0.15) is 0 Å². The van der Waals surface area contributed by atoms with E-state index in [-0.39, 0.29) is 11.4 Å². The van der Waals surface area contributed by atoms with Crippen molar-refractivity contribution < 1.29 is 4.79 Å². The molecule has 1 atom stereocenters. The molecule has 0 aromatic carbocycles. The Hall–Kier alpha value is -0.860. The van der Waals surface area contributed by atoms with E-state index in [0.29, 0.717) is 6.42 Å². The van der Waals surface area contributed by atoms with Gasteiger partial charge in [-0.05, 0) is 13.8 Å². The van der Waals surface area contributed by atoms with Gasteiger partial charge in [-0.25, -0.2) is 0 Å². The van der Waals surface area contributed by atoms with Crippen molar-refractivity contribution in [2.45, 2.75) is 25.8 Å². The van der Waals surface area contributed by atoms with E-state index in [1.165, 1.54) is 0 Å². The highest BCUT2D eigenvalue weighted by Gasteiger charge is 2.50. The molecule has 1 saturated heterocycles. The first-order chi connectivity index (χ1) is 5.14. The Morgan fingerprint density at radius 2 is 2.36 bits per heavy atom. The number of aliphatic imine (C=N–C) groups is 1. The van der Waals surface area contributed by atoms with Gasteiger partial charge in [0.25, 0.3) is 0 Å². The SMILES string of the molecule is CC1=NCCN2C(=O)CC12C. The number of rotatable bonds is 0. The molecule has 0 aromatic rings.